The van der Waals surface area contributed by atoms with E-state index in [1.165, 1.54) is 60.6 Å². The van der Waals surface area contributed by atoms with Crippen LogP contribution in [0.3, 0.4) is 0 Å². The van der Waals surface area contributed by atoms with Crippen LogP contribution >= 0.6 is 0 Å². The van der Waals surface area contributed by atoms with E-state index in [-0.39, 0.29) is 0 Å². The fourth-order valence-electron chi connectivity index (χ4n) is 4.64. The highest BCUT2D eigenvalue weighted by molar-refractivity contribution is 5.92. The van der Waals surface area contributed by atoms with Crippen LogP contribution in [0.1, 0.15) is 76.8 Å². The molecule has 0 saturated heterocycles. The minimum Gasteiger partial charge on any atom is -0.204 e. The lowest BCUT2D eigenvalue weighted by molar-refractivity contribution is 0.319. The number of aryl methyl sites for hydroxylation is 1. The lowest BCUT2D eigenvalue weighted by Crippen LogP contribution is -2.12. The van der Waals surface area contributed by atoms with Crippen molar-refractivity contribution >= 4 is 10.8 Å². The lowest BCUT2D eigenvalue weighted by atomic mass is 9.77. The fourth-order valence-corrected chi connectivity index (χ4v) is 4.64. The van der Waals surface area contributed by atoms with Gasteiger partial charge in [-0.05, 0) is 95.5 Å². The van der Waals surface area contributed by atoms with E-state index in [0.717, 1.165) is 28.5 Å². The van der Waals surface area contributed by atoms with Crippen LogP contribution in [0.25, 0.3) is 21.9 Å². The number of halogens is 2. The van der Waals surface area contributed by atoms with Gasteiger partial charge in [-0.15, -0.1) is 0 Å². The van der Waals surface area contributed by atoms with Gasteiger partial charge in [0.2, 0.25) is 0 Å². The Morgan fingerprint density at radius 1 is 0.839 bits per heavy atom. The van der Waals surface area contributed by atoms with E-state index in [1.54, 1.807) is 6.07 Å². The summed E-state index contributed by atoms with van der Waals surface area (Å²) in [6, 6.07) is 15.1. The van der Waals surface area contributed by atoms with Crippen LogP contribution < -0.4 is 0 Å². The number of fused-ring (bicyclic) bond motifs is 1. The van der Waals surface area contributed by atoms with Gasteiger partial charge in [-0.2, -0.15) is 0 Å². The molecular weight excluding hydrogens is 386 g/mol. The van der Waals surface area contributed by atoms with Crippen molar-refractivity contribution in [1.29, 1.82) is 0 Å². The molecule has 2 heteroatoms. The van der Waals surface area contributed by atoms with E-state index in [4.69, 9.17) is 0 Å². The maximum absolute atomic E-state index is 13.6. The Labute approximate surface area is 186 Å². The molecule has 4 rings (SSSR count). The monoisotopic (exact) mass is 422 g/mol. The van der Waals surface area contributed by atoms with Gasteiger partial charge < -0.3 is 0 Å². The quantitative estimate of drug-likeness (QED) is 0.394. The standard InChI is InChI=1S/C25H26F2.C4H10/c1-3-17-4-6-18(7-5-17)19-8-11-22-16(2)23(12-9-20(22)14-19)21-10-13-24(26)25(27)15-21;1-4(2)3/h8-15,17-18H,3-7H2,1-2H3;4H,1-3H3. The molecular formula is C29H36F2. The molecule has 31 heavy (non-hydrogen) atoms. The molecule has 0 nitrogen and oxygen atoms in total. The van der Waals surface area contributed by atoms with Gasteiger partial charge in [0.15, 0.2) is 11.6 Å². The average Bonchev–Trinajstić information content (AvgIpc) is 2.75. The molecule has 1 fully saturated rings. The summed E-state index contributed by atoms with van der Waals surface area (Å²) in [6.45, 7) is 10.9. The van der Waals surface area contributed by atoms with E-state index >= 15 is 0 Å². The van der Waals surface area contributed by atoms with Crippen molar-refractivity contribution < 1.29 is 8.78 Å². The first-order valence-corrected chi connectivity index (χ1v) is 11.8. The highest BCUT2D eigenvalue weighted by Gasteiger charge is 2.21. The highest BCUT2D eigenvalue weighted by atomic mass is 19.2. The van der Waals surface area contributed by atoms with Crippen molar-refractivity contribution in [3.63, 3.8) is 0 Å². The summed E-state index contributed by atoms with van der Waals surface area (Å²) < 4.78 is 26.9. The summed E-state index contributed by atoms with van der Waals surface area (Å²) in [7, 11) is 0. The molecule has 0 bridgehead atoms. The Bertz CT molecular complexity index is 1010. The molecule has 0 amide bonds. The van der Waals surface area contributed by atoms with Crippen LogP contribution in [0.2, 0.25) is 0 Å². The first-order valence-electron chi connectivity index (χ1n) is 11.8. The number of hydrogen-bond donors (Lipinski definition) is 0. The van der Waals surface area contributed by atoms with Crippen molar-refractivity contribution in [2.75, 3.05) is 0 Å². The summed E-state index contributed by atoms with van der Waals surface area (Å²) in [5.74, 6) is 0.802. The Morgan fingerprint density at radius 2 is 1.52 bits per heavy atom. The van der Waals surface area contributed by atoms with Gasteiger partial charge in [0.1, 0.15) is 0 Å². The first-order chi connectivity index (χ1) is 14.8. The largest absolute Gasteiger partial charge is 0.204 e. The Morgan fingerprint density at radius 3 is 2.13 bits per heavy atom. The van der Waals surface area contributed by atoms with Crippen LogP contribution in [0, 0.1) is 30.4 Å². The summed E-state index contributed by atoms with van der Waals surface area (Å²) in [4.78, 5) is 0. The molecule has 0 radical (unpaired) electrons. The van der Waals surface area contributed by atoms with E-state index in [0.29, 0.717) is 5.92 Å². The maximum atomic E-state index is 13.6. The SMILES string of the molecule is CC(C)C.CCC1CCC(c2ccc3c(C)c(-c4ccc(F)c(F)c4)ccc3c2)CC1. The van der Waals surface area contributed by atoms with E-state index < -0.39 is 11.6 Å². The molecule has 0 spiro atoms. The van der Waals surface area contributed by atoms with Crippen LogP contribution in [0.15, 0.2) is 48.5 Å². The zero-order valence-corrected chi connectivity index (χ0v) is 19.6. The zero-order chi connectivity index (χ0) is 22.5. The fraction of sp³-hybridized carbons (Fsp3) is 0.448. The van der Waals surface area contributed by atoms with Gasteiger partial charge in [0.05, 0.1) is 0 Å². The molecule has 3 aromatic rings. The molecule has 0 aromatic heterocycles. The second kappa shape index (κ2) is 10.4. The molecule has 0 aliphatic heterocycles. The number of benzene rings is 3. The molecule has 0 unspecified atom stereocenters. The summed E-state index contributed by atoms with van der Waals surface area (Å²) in [5, 5.41) is 2.41. The predicted octanol–water partition coefficient (Wildman–Crippen LogP) is 9.44. The molecule has 0 heterocycles. The smallest absolute Gasteiger partial charge is 0.159 e. The van der Waals surface area contributed by atoms with Crippen molar-refractivity contribution in [1.82, 2.24) is 0 Å². The van der Waals surface area contributed by atoms with Gasteiger partial charge in [0.25, 0.3) is 0 Å². The Kier molecular flexibility index (Phi) is 7.86. The second-order valence-electron chi connectivity index (χ2n) is 9.71. The molecule has 3 aromatic carbocycles. The number of rotatable bonds is 3. The van der Waals surface area contributed by atoms with E-state index in [2.05, 4.69) is 58.9 Å². The molecule has 1 aliphatic carbocycles. The first kappa shape index (κ1) is 23.4. The van der Waals surface area contributed by atoms with Crippen LogP contribution in [-0.2, 0) is 0 Å². The van der Waals surface area contributed by atoms with Crippen molar-refractivity contribution in [2.24, 2.45) is 11.8 Å². The molecule has 1 saturated carbocycles. The molecule has 166 valence electrons. The van der Waals surface area contributed by atoms with Gasteiger partial charge >= 0.3 is 0 Å². The van der Waals surface area contributed by atoms with Crippen LogP contribution in [-0.4, -0.2) is 0 Å². The minimum atomic E-state index is -0.806. The lowest BCUT2D eigenvalue weighted by Gasteiger charge is -2.28. The third-order valence-electron chi connectivity index (χ3n) is 6.44. The summed E-state index contributed by atoms with van der Waals surface area (Å²) in [5.41, 5.74) is 4.23. The molecule has 0 atom stereocenters. The Balaban J connectivity index is 0.000000628. The summed E-state index contributed by atoms with van der Waals surface area (Å²) in [6.07, 6.45) is 6.56. The van der Waals surface area contributed by atoms with Crippen molar-refractivity contribution in [2.45, 2.75) is 72.6 Å². The predicted molar refractivity (Wildman–Crippen MR) is 130 cm³/mol. The van der Waals surface area contributed by atoms with Crippen molar-refractivity contribution in [3.8, 4) is 11.1 Å². The average molecular weight is 423 g/mol. The van der Waals surface area contributed by atoms with E-state index in [9.17, 15) is 8.78 Å². The number of hydrogen-bond acceptors (Lipinski definition) is 0. The van der Waals surface area contributed by atoms with Gasteiger partial charge in [-0.1, -0.05) is 70.5 Å². The van der Waals surface area contributed by atoms with E-state index in [1.807, 2.05) is 6.07 Å². The van der Waals surface area contributed by atoms with Crippen molar-refractivity contribution in [3.05, 3.63) is 71.3 Å². The van der Waals surface area contributed by atoms with Crippen LogP contribution in [0.4, 0.5) is 8.78 Å². The minimum absolute atomic E-state index is 0.670. The van der Waals surface area contributed by atoms with Gasteiger partial charge in [-0.3, -0.25) is 0 Å². The van der Waals surface area contributed by atoms with Gasteiger partial charge in [-0.25, -0.2) is 8.78 Å². The maximum Gasteiger partial charge on any atom is 0.159 e. The molecule has 0 N–H and O–H groups in total. The topological polar surface area (TPSA) is 0 Å². The van der Waals surface area contributed by atoms with Crippen LogP contribution in [0.5, 0.6) is 0 Å². The Hall–Kier alpha value is -2.22. The zero-order valence-electron chi connectivity index (χ0n) is 19.6. The normalized spacial score (nSPS) is 18.7. The summed E-state index contributed by atoms with van der Waals surface area (Å²) >= 11 is 0. The third-order valence-corrected chi connectivity index (χ3v) is 6.44. The highest BCUT2D eigenvalue weighted by Crippen LogP contribution is 2.39. The second-order valence-corrected chi connectivity index (χ2v) is 9.71. The van der Waals surface area contributed by atoms with Gasteiger partial charge in [0, 0.05) is 0 Å². The molecule has 1 aliphatic rings. The third kappa shape index (κ3) is 5.73.